The third-order valence-corrected chi connectivity index (χ3v) is 5.60. The van der Waals surface area contributed by atoms with E-state index < -0.39 is 0 Å². The van der Waals surface area contributed by atoms with Crippen LogP contribution in [0, 0.1) is 0 Å². The zero-order chi connectivity index (χ0) is 11.5. The number of para-hydroxylation sites is 1. The molecule has 1 aromatic rings. The predicted molar refractivity (Wildman–Crippen MR) is 77.2 cm³/mol. The van der Waals surface area contributed by atoms with E-state index in [9.17, 15) is 0 Å². The Labute approximate surface area is 112 Å². The molecule has 17 heavy (non-hydrogen) atoms. The lowest BCUT2D eigenvalue weighted by atomic mass is 9.96. The van der Waals surface area contributed by atoms with E-state index in [0.29, 0.717) is 6.04 Å². The van der Waals surface area contributed by atoms with Crippen LogP contribution < -0.4 is 9.03 Å². The Morgan fingerprint density at radius 2 is 2.00 bits per heavy atom. The maximum Gasteiger partial charge on any atom is 0.0810 e. The highest BCUT2D eigenvalue weighted by molar-refractivity contribution is 8.04. The Bertz CT molecular complexity index is 377. The van der Waals surface area contributed by atoms with Crippen molar-refractivity contribution in [2.45, 2.75) is 43.0 Å². The molecule has 0 spiro atoms. The van der Waals surface area contributed by atoms with Gasteiger partial charge in [0.15, 0.2) is 0 Å². The molecule has 1 heterocycles. The minimum atomic E-state index is 0.714. The fourth-order valence-corrected chi connectivity index (χ4v) is 4.51. The number of benzene rings is 1. The van der Waals surface area contributed by atoms with E-state index in [1.807, 2.05) is 11.8 Å². The summed E-state index contributed by atoms with van der Waals surface area (Å²) in [6.07, 6.45) is 6.89. The molecule has 1 aliphatic heterocycles. The third-order valence-electron chi connectivity index (χ3n) is 3.41. The Kier molecular flexibility index (Phi) is 3.84. The molecule has 0 atom stereocenters. The smallest absolute Gasteiger partial charge is 0.0810 e. The molecule has 0 saturated heterocycles. The van der Waals surface area contributed by atoms with Crippen LogP contribution in [0.4, 0.5) is 5.69 Å². The van der Waals surface area contributed by atoms with Crippen molar-refractivity contribution in [3.05, 3.63) is 24.3 Å². The van der Waals surface area contributed by atoms with Gasteiger partial charge in [-0.25, -0.2) is 4.72 Å². The maximum absolute atomic E-state index is 3.63. The molecule has 2 nitrogen and oxygen atoms in total. The molecule has 1 aromatic carbocycles. The lowest BCUT2D eigenvalue weighted by molar-refractivity contribution is 0.423. The molecule has 0 aromatic heterocycles. The fourth-order valence-electron chi connectivity index (χ4n) is 2.42. The fraction of sp³-hybridized carbons (Fsp3) is 0.538. The van der Waals surface area contributed by atoms with E-state index in [1.165, 1.54) is 42.7 Å². The van der Waals surface area contributed by atoms with Crippen molar-refractivity contribution < 1.29 is 0 Å². The van der Waals surface area contributed by atoms with E-state index in [4.69, 9.17) is 0 Å². The number of thioether (sulfide) groups is 1. The first-order chi connectivity index (χ1) is 8.43. The summed E-state index contributed by atoms with van der Waals surface area (Å²) < 4.78 is 6.00. The molecule has 92 valence electrons. The summed E-state index contributed by atoms with van der Waals surface area (Å²) in [5, 5.41) is 0. The molecule has 1 saturated carbocycles. The predicted octanol–water partition coefficient (Wildman–Crippen LogP) is 4.04. The Hall–Kier alpha value is -0.320. The molecule has 1 aliphatic carbocycles. The van der Waals surface area contributed by atoms with Crippen LogP contribution in [-0.2, 0) is 0 Å². The van der Waals surface area contributed by atoms with Crippen molar-refractivity contribution in [2.24, 2.45) is 0 Å². The van der Waals surface area contributed by atoms with Gasteiger partial charge in [-0.2, -0.15) is 0 Å². The van der Waals surface area contributed by atoms with E-state index in [1.54, 1.807) is 12.1 Å². The average molecular weight is 266 g/mol. The molecule has 0 amide bonds. The summed E-state index contributed by atoms with van der Waals surface area (Å²) in [5.74, 6) is 1.06. The van der Waals surface area contributed by atoms with Gasteiger partial charge in [-0.3, -0.25) is 4.31 Å². The van der Waals surface area contributed by atoms with Crippen LogP contribution in [0.15, 0.2) is 29.2 Å². The van der Waals surface area contributed by atoms with Gasteiger partial charge in [0, 0.05) is 23.1 Å². The summed E-state index contributed by atoms with van der Waals surface area (Å²) in [6.45, 7) is 0. The van der Waals surface area contributed by atoms with Crippen LogP contribution in [0.3, 0.4) is 0 Å². The first-order valence-electron chi connectivity index (χ1n) is 6.35. The minimum absolute atomic E-state index is 0.714. The van der Waals surface area contributed by atoms with Crippen LogP contribution >= 0.6 is 23.9 Å². The number of nitrogens with one attached hydrogen (secondary N) is 1. The van der Waals surface area contributed by atoms with Crippen LogP contribution in [0.1, 0.15) is 32.1 Å². The minimum Gasteiger partial charge on any atom is -0.292 e. The summed E-state index contributed by atoms with van der Waals surface area (Å²) >= 11 is 3.72. The number of anilines is 1. The molecule has 3 rings (SSSR count). The summed E-state index contributed by atoms with van der Waals surface area (Å²) in [7, 11) is 0. The monoisotopic (exact) mass is 266 g/mol. The van der Waals surface area contributed by atoms with Gasteiger partial charge in [0.2, 0.25) is 0 Å². The van der Waals surface area contributed by atoms with E-state index >= 15 is 0 Å². The van der Waals surface area contributed by atoms with Gasteiger partial charge in [0.25, 0.3) is 0 Å². The quantitative estimate of drug-likeness (QED) is 0.830. The van der Waals surface area contributed by atoms with E-state index in [-0.39, 0.29) is 0 Å². The Balaban J connectivity index is 1.56. The molecule has 0 bridgehead atoms. The normalized spacial score (nSPS) is 20.6. The summed E-state index contributed by atoms with van der Waals surface area (Å²) in [6, 6.07) is 9.38. The van der Waals surface area contributed by atoms with Crippen molar-refractivity contribution in [1.82, 2.24) is 4.72 Å². The number of rotatable bonds is 3. The van der Waals surface area contributed by atoms with E-state index in [2.05, 4.69) is 33.3 Å². The number of hydrogen-bond acceptors (Lipinski definition) is 4. The van der Waals surface area contributed by atoms with Crippen LogP contribution in [0.25, 0.3) is 0 Å². The highest BCUT2D eigenvalue weighted by Crippen LogP contribution is 2.41. The average Bonchev–Trinajstić information content (AvgIpc) is 2.81. The topological polar surface area (TPSA) is 15.3 Å². The summed E-state index contributed by atoms with van der Waals surface area (Å²) in [5.41, 5.74) is 1.37. The second-order valence-electron chi connectivity index (χ2n) is 4.66. The molecule has 2 aliphatic rings. The number of fused-ring (bicyclic) bond motifs is 1. The second kappa shape index (κ2) is 5.55. The Morgan fingerprint density at radius 3 is 2.88 bits per heavy atom. The molecule has 0 unspecified atom stereocenters. The zero-order valence-corrected chi connectivity index (χ0v) is 11.5. The maximum atomic E-state index is 3.63. The van der Waals surface area contributed by atoms with Crippen LogP contribution in [-0.4, -0.2) is 11.9 Å². The van der Waals surface area contributed by atoms with Crippen molar-refractivity contribution in [1.29, 1.82) is 0 Å². The third kappa shape index (κ3) is 2.75. The molecular formula is C13H18N2S2. The highest BCUT2D eigenvalue weighted by atomic mass is 32.2. The van der Waals surface area contributed by atoms with Crippen molar-refractivity contribution in [3.63, 3.8) is 0 Å². The van der Waals surface area contributed by atoms with Gasteiger partial charge in [-0.1, -0.05) is 31.4 Å². The van der Waals surface area contributed by atoms with E-state index in [0.717, 1.165) is 5.88 Å². The van der Waals surface area contributed by atoms with Gasteiger partial charge in [-0.05, 0) is 25.0 Å². The second-order valence-corrected chi connectivity index (χ2v) is 6.51. The molecule has 4 heteroatoms. The van der Waals surface area contributed by atoms with Gasteiger partial charge >= 0.3 is 0 Å². The standard InChI is InChI=1S/C13H18N2S2/c1-2-6-11(7-3-1)14-17-15-10-16-13-9-5-4-8-12(13)15/h4-5,8-9,11,14H,1-3,6-7,10H2. The largest absolute Gasteiger partial charge is 0.292 e. The van der Waals surface area contributed by atoms with Crippen molar-refractivity contribution in [2.75, 3.05) is 10.2 Å². The number of hydrogen-bond donors (Lipinski definition) is 1. The lowest BCUT2D eigenvalue weighted by Crippen LogP contribution is -2.29. The van der Waals surface area contributed by atoms with Gasteiger partial charge in [0.05, 0.1) is 11.6 Å². The first-order valence-corrected chi connectivity index (χ1v) is 8.11. The zero-order valence-electron chi connectivity index (χ0n) is 9.89. The summed E-state index contributed by atoms with van der Waals surface area (Å²) in [4.78, 5) is 1.41. The van der Waals surface area contributed by atoms with Crippen LogP contribution in [0.2, 0.25) is 0 Å². The lowest BCUT2D eigenvalue weighted by Gasteiger charge is -2.25. The number of nitrogens with zero attached hydrogens (tertiary/aromatic N) is 1. The SMILES string of the molecule is c1ccc2c(c1)SCN2SNC1CCCCC1. The molecular weight excluding hydrogens is 248 g/mol. The molecule has 1 fully saturated rings. The highest BCUT2D eigenvalue weighted by Gasteiger charge is 2.21. The van der Waals surface area contributed by atoms with Crippen molar-refractivity contribution in [3.8, 4) is 0 Å². The van der Waals surface area contributed by atoms with Crippen LogP contribution in [0.5, 0.6) is 0 Å². The Morgan fingerprint density at radius 1 is 1.18 bits per heavy atom. The first kappa shape index (κ1) is 11.8. The van der Waals surface area contributed by atoms with Gasteiger partial charge < -0.3 is 0 Å². The van der Waals surface area contributed by atoms with Crippen molar-refractivity contribution >= 4 is 29.6 Å². The molecule has 0 radical (unpaired) electrons. The van der Waals surface area contributed by atoms with Gasteiger partial charge in [0.1, 0.15) is 0 Å². The molecule has 1 N–H and O–H groups in total. The van der Waals surface area contributed by atoms with Gasteiger partial charge in [-0.15, -0.1) is 11.8 Å².